The first-order chi connectivity index (χ1) is 18.3. The number of methoxy groups -OCH3 is 1. The minimum atomic E-state index is -1.68. The number of aromatic nitrogens is 3. The van der Waals surface area contributed by atoms with Crippen LogP contribution in [0.15, 0.2) is 41.6 Å². The van der Waals surface area contributed by atoms with Crippen molar-refractivity contribution in [2.24, 2.45) is 11.1 Å². The Labute approximate surface area is 218 Å². The average Bonchev–Trinajstić information content (AvgIpc) is 3.22. The molecule has 1 saturated heterocycles. The van der Waals surface area contributed by atoms with E-state index in [0.29, 0.717) is 40.5 Å². The van der Waals surface area contributed by atoms with E-state index in [4.69, 9.17) is 15.3 Å². The van der Waals surface area contributed by atoms with Gasteiger partial charge in [0.1, 0.15) is 12.4 Å². The van der Waals surface area contributed by atoms with Crippen LogP contribution < -0.4 is 21.1 Å². The lowest BCUT2D eigenvalue weighted by atomic mass is 9.88. The molecule has 2 aromatic heterocycles. The number of amidine groups is 1. The Morgan fingerprint density at radius 2 is 2.03 bits per heavy atom. The zero-order valence-corrected chi connectivity index (χ0v) is 21.2. The summed E-state index contributed by atoms with van der Waals surface area (Å²) in [6.07, 6.45) is -2.26. The predicted molar refractivity (Wildman–Crippen MR) is 137 cm³/mol. The van der Waals surface area contributed by atoms with Gasteiger partial charge in [-0.1, -0.05) is 24.2 Å². The normalized spacial score (nSPS) is 25.6. The number of nitrogens with one attached hydrogen (secondary N) is 2. The van der Waals surface area contributed by atoms with E-state index >= 15 is 4.39 Å². The van der Waals surface area contributed by atoms with E-state index in [-0.39, 0.29) is 36.0 Å². The van der Waals surface area contributed by atoms with Gasteiger partial charge in [0, 0.05) is 18.2 Å². The van der Waals surface area contributed by atoms with Crippen LogP contribution in [0.4, 0.5) is 14.7 Å². The molecule has 1 aromatic carbocycles. The van der Waals surface area contributed by atoms with Crippen LogP contribution in [0.25, 0.3) is 11.3 Å². The Bertz CT molecular complexity index is 1370. The Morgan fingerprint density at radius 1 is 1.21 bits per heavy atom. The summed E-state index contributed by atoms with van der Waals surface area (Å²) < 4.78 is 35.8. The largest absolute Gasteiger partial charge is 0.481 e. The van der Waals surface area contributed by atoms with Gasteiger partial charge >= 0.3 is 0 Å². The van der Waals surface area contributed by atoms with Crippen LogP contribution in [0.3, 0.4) is 0 Å². The highest BCUT2D eigenvalue weighted by Crippen LogP contribution is 2.41. The smallest absolute Gasteiger partial charge is 0.220 e. The van der Waals surface area contributed by atoms with Crippen LogP contribution in [0.1, 0.15) is 41.7 Å². The van der Waals surface area contributed by atoms with Gasteiger partial charge in [-0.25, -0.2) is 23.7 Å². The molecule has 200 valence electrons. The van der Waals surface area contributed by atoms with Gasteiger partial charge in [0.15, 0.2) is 12.0 Å². The number of aliphatic hydroxyl groups excluding tert-OH is 1. The van der Waals surface area contributed by atoms with Gasteiger partial charge in [0.2, 0.25) is 11.8 Å². The molecule has 5 atom stereocenters. The summed E-state index contributed by atoms with van der Waals surface area (Å²) in [4.78, 5) is 18.4. The summed E-state index contributed by atoms with van der Waals surface area (Å²) in [5.74, 6) is 0.0376. The van der Waals surface area contributed by atoms with E-state index in [9.17, 15) is 9.50 Å². The number of rotatable bonds is 6. The molecular weight excluding hydrogens is 496 g/mol. The van der Waals surface area contributed by atoms with Gasteiger partial charge in [-0.15, -0.1) is 0 Å². The van der Waals surface area contributed by atoms with Gasteiger partial charge in [0.05, 0.1) is 47.9 Å². The van der Waals surface area contributed by atoms with Crippen LogP contribution in [-0.2, 0) is 4.84 Å². The number of alkyl halides is 1. The fourth-order valence-corrected chi connectivity index (χ4v) is 4.88. The SMILES string of the molecule is COc1cccc(-c2cc(F)ccc2[C@@H]2N/C(=N\OCC3NCC(C)C3O)c3c(C)nc(N)nc3C2F)n1. The first-order valence-corrected chi connectivity index (χ1v) is 12.2. The van der Waals surface area contributed by atoms with Crippen molar-refractivity contribution in [3.05, 3.63) is 64.7 Å². The molecular formula is C26H29F2N7O3. The summed E-state index contributed by atoms with van der Waals surface area (Å²) in [7, 11) is 1.48. The Morgan fingerprint density at radius 3 is 2.76 bits per heavy atom. The number of pyridine rings is 1. The predicted octanol–water partition coefficient (Wildman–Crippen LogP) is 2.58. The zero-order chi connectivity index (χ0) is 27.0. The molecule has 5 rings (SSSR count). The number of nitrogen functional groups attached to an aromatic ring is 1. The third-order valence-corrected chi connectivity index (χ3v) is 6.88. The summed E-state index contributed by atoms with van der Waals surface area (Å²) >= 11 is 0. The van der Waals surface area contributed by atoms with Crippen LogP contribution in [0, 0.1) is 18.7 Å². The Balaban J connectivity index is 1.55. The van der Waals surface area contributed by atoms with Crippen molar-refractivity contribution in [1.82, 2.24) is 25.6 Å². The molecule has 0 spiro atoms. The monoisotopic (exact) mass is 525 g/mol. The second-order valence-corrected chi connectivity index (χ2v) is 9.47. The standard InChI is InChI=1S/C26H29F2N7O3/c1-12-10-30-18(24(12)36)11-38-35-25-20-13(2)31-26(29)34-23(20)21(28)22(33-25)15-8-7-14(27)9-16(15)17-5-4-6-19(32-17)37-3/h4-9,12,18,21-22,24,30,36H,10-11H2,1-3H3,(H,33,35)(H2,29,31,34)/t12?,18?,21?,22-,24?/m0/s1. The number of oxime groups is 1. The summed E-state index contributed by atoms with van der Waals surface area (Å²) in [6, 6.07) is 7.79. The molecule has 38 heavy (non-hydrogen) atoms. The highest BCUT2D eigenvalue weighted by molar-refractivity contribution is 6.02. The van der Waals surface area contributed by atoms with Gasteiger partial charge in [0.25, 0.3) is 0 Å². The van der Waals surface area contributed by atoms with E-state index in [1.54, 1.807) is 25.1 Å². The van der Waals surface area contributed by atoms with Crippen molar-refractivity contribution >= 4 is 11.8 Å². The molecule has 12 heteroatoms. The molecule has 0 saturated carbocycles. The molecule has 1 fully saturated rings. The highest BCUT2D eigenvalue weighted by atomic mass is 19.1. The van der Waals surface area contributed by atoms with Crippen LogP contribution >= 0.6 is 0 Å². The molecule has 4 unspecified atom stereocenters. The van der Waals surface area contributed by atoms with Crippen molar-refractivity contribution in [3.8, 4) is 17.1 Å². The average molecular weight is 526 g/mol. The van der Waals surface area contributed by atoms with Gasteiger partial charge in [-0.2, -0.15) is 0 Å². The highest BCUT2D eigenvalue weighted by Gasteiger charge is 2.39. The molecule has 5 N–H and O–H groups in total. The van der Waals surface area contributed by atoms with Gasteiger partial charge in [-0.3, -0.25) is 0 Å². The van der Waals surface area contributed by atoms with E-state index in [0.717, 1.165) is 0 Å². The minimum Gasteiger partial charge on any atom is -0.481 e. The number of halogens is 2. The van der Waals surface area contributed by atoms with Gasteiger partial charge < -0.3 is 31.0 Å². The lowest BCUT2D eigenvalue weighted by Gasteiger charge is -2.32. The molecule has 10 nitrogen and oxygen atoms in total. The molecule has 2 aliphatic heterocycles. The maximum atomic E-state index is 16.2. The zero-order valence-electron chi connectivity index (χ0n) is 21.2. The van der Waals surface area contributed by atoms with Crippen LogP contribution in [-0.4, -0.2) is 58.3 Å². The van der Waals surface area contributed by atoms with Crippen molar-refractivity contribution in [1.29, 1.82) is 0 Å². The van der Waals surface area contributed by atoms with E-state index in [1.165, 1.54) is 25.3 Å². The Kier molecular flexibility index (Phi) is 7.09. The topological polar surface area (TPSA) is 140 Å². The lowest BCUT2D eigenvalue weighted by molar-refractivity contribution is 0.0585. The molecule has 0 amide bonds. The van der Waals surface area contributed by atoms with Crippen molar-refractivity contribution < 1.29 is 23.5 Å². The first-order valence-electron chi connectivity index (χ1n) is 12.2. The number of nitrogens with two attached hydrogens (primary N) is 1. The number of anilines is 1. The van der Waals surface area contributed by atoms with E-state index in [1.807, 2.05) is 6.92 Å². The number of fused-ring (bicyclic) bond motifs is 1. The fraction of sp³-hybridized carbons (Fsp3) is 0.385. The lowest BCUT2D eigenvalue weighted by Crippen LogP contribution is -2.40. The quantitative estimate of drug-likeness (QED) is 0.358. The second kappa shape index (κ2) is 10.5. The van der Waals surface area contributed by atoms with E-state index in [2.05, 4.69) is 30.7 Å². The summed E-state index contributed by atoms with van der Waals surface area (Å²) in [6.45, 7) is 4.38. The van der Waals surface area contributed by atoms with Crippen molar-refractivity contribution in [2.45, 2.75) is 38.2 Å². The fourth-order valence-electron chi connectivity index (χ4n) is 4.88. The second-order valence-electron chi connectivity index (χ2n) is 9.47. The summed E-state index contributed by atoms with van der Waals surface area (Å²) in [5.41, 5.74) is 7.87. The first kappa shape index (κ1) is 25.7. The third-order valence-electron chi connectivity index (χ3n) is 6.88. The maximum Gasteiger partial charge on any atom is 0.220 e. The van der Waals surface area contributed by atoms with Crippen molar-refractivity contribution in [3.63, 3.8) is 0 Å². The molecule has 0 bridgehead atoms. The molecule has 3 aromatic rings. The van der Waals surface area contributed by atoms with Gasteiger partial charge in [-0.05, 0) is 36.6 Å². The number of aliphatic hydroxyl groups is 1. The Hall–Kier alpha value is -3.90. The third kappa shape index (κ3) is 4.84. The molecule has 2 aliphatic rings. The molecule has 0 radical (unpaired) electrons. The number of benzene rings is 1. The summed E-state index contributed by atoms with van der Waals surface area (Å²) in [5, 5.41) is 20.9. The number of aryl methyl sites for hydroxylation is 1. The number of hydrogen-bond acceptors (Lipinski definition) is 9. The van der Waals surface area contributed by atoms with E-state index < -0.39 is 24.1 Å². The minimum absolute atomic E-state index is 0.0441. The number of nitrogens with zero attached hydrogens (tertiary/aromatic N) is 4. The van der Waals surface area contributed by atoms with Crippen LogP contribution in [0.2, 0.25) is 0 Å². The number of hydrogen-bond donors (Lipinski definition) is 4. The van der Waals surface area contributed by atoms with Crippen molar-refractivity contribution in [2.75, 3.05) is 26.0 Å². The molecule has 4 heterocycles. The maximum absolute atomic E-state index is 16.2. The van der Waals surface area contributed by atoms with Crippen LogP contribution in [0.5, 0.6) is 5.88 Å². The number of ether oxygens (including phenoxy) is 1. The molecule has 0 aliphatic carbocycles.